The Morgan fingerprint density at radius 1 is 1.12 bits per heavy atom. The first-order valence-electron chi connectivity index (χ1n) is 8.09. The topological polar surface area (TPSA) is 89.0 Å². The number of ether oxygens (including phenoxy) is 1. The van der Waals surface area contributed by atoms with E-state index in [1.165, 1.54) is 0 Å². The van der Waals surface area contributed by atoms with Gasteiger partial charge in [0.1, 0.15) is 23.1 Å². The van der Waals surface area contributed by atoms with Gasteiger partial charge in [0, 0.05) is 12.3 Å². The molecule has 0 radical (unpaired) electrons. The quantitative estimate of drug-likeness (QED) is 0.711. The Kier molecular flexibility index (Phi) is 5.38. The van der Waals surface area contributed by atoms with Crippen molar-refractivity contribution >= 4 is 17.4 Å². The van der Waals surface area contributed by atoms with E-state index >= 15 is 0 Å². The number of amides is 1. The number of para-hydroxylation sites is 2. The minimum Gasteiger partial charge on any atom is -0.495 e. The molecule has 0 aliphatic rings. The van der Waals surface area contributed by atoms with Crippen LogP contribution in [-0.2, 0) is 6.54 Å². The standard InChI is InChI=1S/C19H19N5O2/c1-13-22-16(19(25)21-12-14-7-5-6-10-20-14)11-18(23-13)24-15-8-3-4-9-17(15)26-2/h3-11H,12H2,1-2H3,(H,21,25)(H,22,23,24). The highest BCUT2D eigenvalue weighted by molar-refractivity contribution is 5.93. The molecule has 0 unspecified atom stereocenters. The summed E-state index contributed by atoms with van der Waals surface area (Å²) in [6.07, 6.45) is 1.69. The van der Waals surface area contributed by atoms with E-state index in [0.717, 1.165) is 11.4 Å². The van der Waals surface area contributed by atoms with Gasteiger partial charge in [-0.3, -0.25) is 9.78 Å². The Balaban J connectivity index is 1.75. The molecule has 0 bridgehead atoms. The SMILES string of the molecule is COc1ccccc1Nc1cc(C(=O)NCc2ccccn2)nc(C)n1. The first-order valence-corrected chi connectivity index (χ1v) is 8.09. The Morgan fingerprint density at radius 2 is 1.92 bits per heavy atom. The number of rotatable bonds is 6. The van der Waals surface area contributed by atoms with Gasteiger partial charge in [-0.1, -0.05) is 18.2 Å². The molecule has 1 aromatic carbocycles. The zero-order chi connectivity index (χ0) is 18.4. The summed E-state index contributed by atoms with van der Waals surface area (Å²) in [5, 5.41) is 5.98. The van der Waals surface area contributed by atoms with Crippen LogP contribution in [0, 0.1) is 6.92 Å². The molecule has 0 aliphatic carbocycles. The third-order valence-electron chi connectivity index (χ3n) is 3.60. The Labute approximate surface area is 151 Å². The summed E-state index contributed by atoms with van der Waals surface area (Å²) in [7, 11) is 1.60. The molecule has 7 heteroatoms. The molecular formula is C19H19N5O2. The second kappa shape index (κ2) is 8.06. The average Bonchev–Trinajstić information content (AvgIpc) is 2.67. The van der Waals surface area contributed by atoms with Crippen molar-refractivity contribution in [3.05, 3.63) is 71.9 Å². The Morgan fingerprint density at radius 3 is 2.69 bits per heavy atom. The summed E-state index contributed by atoms with van der Waals surface area (Å²) in [5.41, 5.74) is 1.82. The average molecular weight is 349 g/mol. The van der Waals surface area contributed by atoms with Gasteiger partial charge in [-0.05, 0) is 31.2 Å². The smallest absolute Gasteiger partial charge is 0.270 e. The number of methoxy groups -OCH3 is 1. The van der Waals surface area contributed by atoms with E-state index in [9.17, 15) is 4.79 Å². The number of pyridine rings is 1. The van der Waals surface area contributed by atoms with Crippen LogP contribution < -0.4 is 15.4 Å². The van der Waals surface area contributed by atoms with Crippen LogP contribution in [0.2, 0.25) is 0 Å². The van der Waals surface area contributed by atoms with Crippen LogP contribution in [0.15, 0.2) is 54.7 Å². The number of carbonyl (C=O) groups excluding carboxylic acids is 1. The van der Waals surface area contributed by atoms with Gasteiger partial charge in [-0.15, -0.1) is 0 Å². The molecule has 1 amide bonds. The summed E-state index contributed by atoms with van der Waals surface area (Å²) in [4.78, 5) is 25.1. The van der Waals surface area contributed by atoms with Gasteiger partial charge < -0.3 is 15.4 Å². The number of aromatic nitrogens is 3. The molecule has 2 heterocycles. The van der Waals surface area contributed by atoms with Gasteiger partial charge in [-0.2, -0.15) is 0 Å². The monoisotopic (exact) mass is 349 g/mol. The van der Waals surface area contributed by atoms with E-state index in [1.807, 2.05) is 42.5 Å². The number of benzene rings is 1. The second-order valence-electron chi connectivity index (χ2n) is 5.51. The first-order chi connectivity index (χ1) is 12.7. The lowest BCUT2D eigenvalue weighted by molar-refractivity contribution is 0.0945. The fraction of sp³-hybridized carbons (Fsp3) is 0.158. The molecule has 2 N–H and O–H groups in total. The van der Waals surface area contributed by atoms with E-state index in [2.05, 4.69) is 25.6 Å². The molecule has 0 saturated heterocycles. The van der Waals surface area contributed by atoms with Gasteiger partial charge >= 0.3 is 0 Å². The molecular weight excluding hydrogens is 330 g/mol. The molecule has 3 rings (SSSR count). The summed E-state index contributed by atoms with van der Waals surface area (Å²) in [6, 6.07) is 14.6. The van der Waals surface area contributed by atoms with E-state index in [-0.39, 0.29) is 11.6 Å². The number of nitrogens with zero attached hydrogens (tertiary/aromatic N) is 3. The van der Waals surface area contributed by atoms with Crippen molar-refractivity contribution in [2.24, 2.45) is 0 Å². The maximum absolute atomic E-state index is 12.4. The van der Waals surface area contributed by atoms with E-state index in [4.69, 9.17) is 4.74 Å². The molecule has 0 spiro atoms. The predicted molar refractivity (Wildman–Crippen MR) is 98.5 cm³/mol. The lowest BCUT2D eigenvalue weighted by Gasteiger charge is -2.11. The molecule has 0 saturated carbocycles. The van der Waals surface area contributed by atoms with Crippen LogP contribution in [0.1, 0.15) is 22.0 Å². The Hall–Kier alpha value is -3.48. The number of carbonyl (C=O) groups is 1. The van der Waals surface area contributed by atoms with Crippen LogP contribution in [0.4, 0.5) is 11.5 Å². The third kappa shape index (κ3) is 4.32. The molecule has 0 aliphatic heterocycles. The van der Waals surface area contributed by atoms with Gasteiger partial charge in [0.05, 0.1) is 25.0 Å². The number of aryl methyl sites for hydroxylation is 1. The third-order valence-corrected chi connectivity index (χ3v) is 3.60. The van der Waals surface area contributed by atoms with Crippen molar-refractivity contribution in [3.8, 4) is 5.75 Å². The first kappa shape index (κ1) is 17.3. The summed E-state index contributed by atoms with van der Waals surface area (Å²) in [5.74, 6) is 1.41. The van der Waals surface area contributed by atoms with E-state index in [1.54, 1.807) is 26.3 Å². The van der Waals surface area contributed by atoms with Crippen molar-refractivity contribution in [1.82, 2.24) is 20.3 Å². The van der Waals surface area contributed by atoms with Crippen molar-refractivity contribution in [3.63, 3.8) is 0 Å². The zero-order valence-corrected chi connectivity index (χ0v) is 14.6. The minimum absolute atomic E-state index is 0.283. The molecule has 26 heavy (non-hydrogen) atoms. The van der Waals surface area contributed by atoms with Gasteiger partial charge in [0.15, 0.2) is 0 Å². The van der Waals surface area contributed by atoms with Gasteiger partial charge in [-0.25, -0.2) is 9.97 Å². The summed E-state index contributed by atoms with van der Waals surface area (Å²) < 4.78 is 5.32. The van der Waals surface area contributed by atoms with E-state index in [0.29, 0.717) is 23.9 Å². The lowest BCUT2D eigenvalue weighted by atomic mass is 10.2. The minimum atomic E-state index is -0.288. The van der Waals surface area contributed by atoms with Crippen molar-refractivity contribution in [1.29, 1.82) is 0 Å². The number of hydrogen-bond acceptors (Lipinski definition) is 6. The molecule has 0 fully saturated rings. The maximum atomic E-state index is 12.4. The highest BCUT2D eigenvalue weighted by Gasteiger charge is 2.12. The lowest BCUT2D eigenvalue weighted by Crippen LogP contribution is -2.24. The van der Waals surface area contributed by atoms with Crippen molar-refractivity contribution in [2.75, 3.05) is 12.4 Å². The Bertz CT molecular complexity index is 899. The van der Waals surface area contributed by atoms with Crippen LogP contribution in [0.3, 0.4) is 0 Å². The summed E-state index contributed by atoms with van der Waals surface area (Å²) >= 11 is 0. The van der Waals surface area contributed by atoms with Gasteiger partial charge in [0.2, 0.25) is 0 Å². The summed E-state index contributed by atoms with van der Waals surface area (Å²) in [6.45, 7) is 2.07. The highest BCUT2D eigenvalue weighted by Crippen LogP contribution is 2.26. The normalized spacial score (nSPS) is 10.2. The number of nitrogens with one attached hydrogen (secondary N) is 2. The van der Waals surface area contributed by atoms with Crippen LogP contribution >= 0.6 is 0 Å². The molecule has 132 valence electrons. The number of hydrogen-bond donors (Lipinski definition) is 2. The highest BCUT2D eigenvalue weighted by atomic mass is 16.5. The largest absolute Gasteiger partial charge is 0.495 e. The predicted octanol–water partition coefficient (Wildman–Crippen LogP) is 2.86. The van der Waals surface area contributed by atoms with E-state index < -0.39 is 0 Å². The molecule has 2 aromatic heterocycles. The fourth-order valence-electron chi connectivity index (χ4n) is 2.40. The van der Waals surface area contributed by atoms with Gasteiger partial charge in [0.25, 0.3) is 5.91 Å². The number of anilines is 2. The van der Waals surface area contributed by atoms with Crippen LogP contribution in [0.5, 0.6) is 5.75 Å². The molecule has 3 aromatic rings. The van der Waals surface area contributed by atoms with Crippen LogP contribution in [-0.4, -0.2) is 28.0 Å². The zero-order valence-electron chi connectivity index (χ0n) is 14.6. The van der Waals surface area contributed by atoms with Crippen molar-refractivity contribution in [2.45, 2.75) is 13.5 Å². The fourth-order valence-corrected chi connectivity index (χ4v) is 2.40. The van der Waals surface area contributed by atoms with Crippen molar-refractivity contribution < 1.29 is 9.53 Å². The van der Waals surface area contributed by atoms with Crippen LogP contribution in [0.25, 0.3) is 0 Å². The molecule has 0 atom stereocenters. The maximum Gasteiger partial charge on any atom is 0.270 e. The second-order valence-corrected chi connectivity index (χ2v) is 5.51. The molecule has 7 nitrogen and oxygen atoms in total.